The molecule has 0 aromatic heterocycles. The molecule has 1 saturated heterocycles. The SMILES string of the molecule is CCC(C)(C(O)c1ccccc1F)N1CCCC1. The summed E-state index contributed by atoms with van der Waals surface area (Å²) in [6, 6.07) is 6.54. The number of aliphatic hydroxyl groups is 1. The summed E-state index contributed by atoms with van der Waals surface area (Å²) in [6.45, 7) is 6.09. The van der Waals surface area contributed by atoms with Crippen LogP contribution in [0.5, 0.6) is 0 Å². The number of rotatable bonds is 4. The first-order valence-electron chi connectivity index (χ1n) is 6.77. The highest BCUT2D eigenvalue weighted by Gasteiger charge is 2.40. The molecule has 1 aliphatic heterocycles. The summed E-state index contributed by atoms with van der Waals surface area (Å²) in [5, 5.41) is 10.6. The second kappa shape index (κ2) is 5.37. The van der Waals surface area contributed by atoms with Gasteiger partial charge in [-0.3, -0.25) is 4.90 Å². The van der Waals surface area contributed by atoms with Gasteiger partial charge in [-0.2, -0.15) is 0 Å². The largest absolute Gasteiger partial charge is 0.386 e. The van der Waals surface area contributed by atoms with Gasteiger partial charge in [0.15, 0.2) is 0 Å². The maximum atomic E-state index is 13.8. The average Bonchev–Trinajstić information content (AvgIpc) is 2.92. The lowest BCUT2D eigenvalue weighted by Gasteiger charge is -2.42. The normalized spacial score (nSPS) is 21.8. The molecule has 18 heavy (non-hydrogen) atoms. The summed E-state index contributed by atoms with van der Waals surface area (Å²) in [7, 11) is 0. The Morgan fingerprint density at radius 3 is 2.50 bits per heavy atom. The van der Waals surface area contributed by atoms with Crippen molar-refractivity contribution >= 4 is 0 Å². The third-order valence-corrected chi connectivity index (χ3v) is 4.33. The van der Waals surface area contributed by atoms with Crippen LogP contribution in [0, 0.1) is 5.82 Å². The molecule has 1 N–H and O–H groups in total. The Kier molecular flexibility index (Phi) is 4.03. The molecule has 0 saturated carbocycles. The quantitative estimate of drug-likeness (QED) is 0.888. The Morgan fingerprint density at radius 1 is 1.33 bits per heavy atom. The third-order valence-electron chi connectivity index (χ3n) is 4.33. The van der Waals surface area contributed by atoms with Crippen molar-refractivity contribution in [1.82, 2.24) is 4.90 Å². The summed E-state index contributed by atoms with van der Waals surface area (Å²) < 4.78 is 13.8. The fraction of sp³-hybridized carbons (Fsp3) is 0.600. The molecule has 0 spiro atoms. The van der Waals surface area contributed by atoms with Crippen molar-refractivity contribution in [1.29, 1.82) is 0 Å². The zero-order chi connectivity index (χ0) is 13.2. The van der Waals surface area contributed by atoms with Crippen LogP contribution in [-0.4, -0.2) is 28.6 Å². The second-order valence-corrected chi connectivity index (χ2v) is 5.33. The molecule has 2 unspecified atom stereocenters. The van der Waals surface area contributed by atoms with E-state index >= 15 is 0 Å². The number of hydrogen-bond donors (Lipinski definition) is 1. The zero-order valence-corrected chi connectivity index (χ0v) is 11.2. The number of halogens is 1. The Bertz CT molecular complexity index is 403. The van der Waals surface area contributed by atoms with E-state index in [-0.39, 0.29) is 11.4 Å². The molecule has 1 fully saturated rings. The molecule has 1 heterocycles. The molecule has 1 aromatic rings. The number of benzene rings is 1. The Hall–Kier alpha value is -0.930. The van der Waals surface area contributed by atoms with E-state index in [0.29, 0.717) is 5.56 Å². The second-order valence-electron chi connectivity index (χ2n) is 5.33. The van der Waals surface area contributed by atoms with Gasteiger partial charge in [0, 0.05) is 11.1 Å². The smallest absolute Gasteiger partial charge is 0.129 e. The summed E-state index contributed by atoms with van der Waals surface area (Å²) in [6.07, 6.45) is 2.36. The van der Waals surface area contributed by atoms with E-state index in [1.807, 2.05) is 6.92 Å². The van der Waals surface area contributed by atoms with Gasteiger partial charge in [0.1, 0.15) is 5.82 Å². The van der Waals surface area contributed by atoms with E-state index < -0.39 is 6.10 Å². The van der Waals surface area contributed by atoms with Gasteiger partial charge in [0.25, 0.3) is 0 Å². The highest BCUT2D eigenvalue weighted by atomic mass is 19.1. The predicted octanol–water partition coefficient (Wildman–Crippen LogP) is 3.12. The minimum Gasteiger partial charge on any atom is -0.386 e. The van der Waals surface area contributed by atoms with Crippen molar-refractivity contribution < 1.29 is 9.50 Å². The molecule has 0 bridgehead atoms. The van der Waals surface area contributed by atoms with E-state index in [4.69, 9.17) is 0 Å². The first-order valence-corrected chi connectivity index (χ1v) is 6.77. The van der Waals surface area contributed by atoms with E-state index in [0.717, 1.165) is 19.5 Å². The number of hydrogen-bond acceptors (Lipinski definition) is 2. The van der Waals surface area contributed by atoms with Crippen molar-refractivity contribution in [2.75, 3.05) is 13.1 Å². The molecule has 3 heteroatoms. The van der Waals surface area contributed by atoms with Crippen molar-refractivity contribution in [2.45, 2.75) is 44.8 Å². The molecule has 1 aromatic carbocycles. The van der Waals surface area contributed by atoms with Crippen LogP contribution in [0.15, 0.2) is 24.3 Å². The van der Waals surface area contributed by atoms with E-state index in [2.05, 4.69) is 11.8 Å². The molecule has 2 atom stereocenters. The monoisotopic (exact) mass is 251 g/mol. The number of aliphatic hydroxyl groups excluding tert-OH is 1. The van der Waals surface area contributed by atoms with Gasteiger partial charge in [0.05, 0.1) is 6.10 Å². The lowest BCUT2D eigenvalue weighted by atomic mass is 9.85. The van der Waals surface area contributed by atoms with Crippen molar-refractivity contribution in [2.24, 2.45) is 0 Å². The van der Waals surface area contributed by atoms with Crippen LogP contribution in [0.3, 0.4) is 0 Å². The van der Waals surface area contributed by atoms with Gasteiger partial charge in [-0.25, -0.2) is 4.39 Å². The van der Waals surface area contributed by atoms with Crippen LogP contribution in [0.2, 0.25) is 0 Å². The van der Waals surface area contributed by atoms with Crippen LogP contribution < -0.4 is 0 Å². The minimum atomic E-state index is -0.776. The van der Waals surface area contributed by atoms with Gasteiger partial charge in [-0.05, 0) is 45.3 Å². The van der Waals surface area contributed by atoms with Gasteiger partial charge >= 0.3 is 0 Å². The number of likely N-dealkylation sites (tertiary alicyclic amines) is 1. The van der Waals surface area contributed by atoms with Crippen LogP contribution in [0.25, 0.3) is 0 Å². The van der Waals surface area contributed by atoms with Crippen LogP contribution in [-0.2, 0) is 0 Å². The van der Waals surface area contributed by atoms with Gasteiger partial charge in [0.2, 0.25) is 0 Å². The molecule has 100 valence electrons. The number of nitrogens with zero attached hydrogens (tertiary/aromatic N) is 1. The summed E-state index contributed by atoms with van der Waals surface area (Å²) in [5.74, 6) is -0.316. The van der Waals surface area contributed by atoms with Crippen molar-refractivity contribution in [3.63, 3.8) is 0 Å². The maximum absolute atomic E-state index is 13.8. The van der Waals surface area contributed by atoms with Crippen molar-refractivity contribution in [3.8, 4) is 0 Å². The maximum Gasteiger partial charge on any atom is 0.129 e. The van der Waals surface area contributed by atoms with Crippen LogP contribution >= 0.6 is 0 Å². The lowest BCUT2D eigenvalue weighted by molar-refractivity contribution is -0.0158. The van der Waals surface area contributed by atoms with E-state index in [1.54, 1.807) is 18.2 Å². The summed E-state index contributed by atoms with van der Waals surface area (Å²) in [5.41, 5.74) is 0.0346. The average molecular weight is 251 g/mol. The molecule has 1 aliphatic rings. The topological polar surface area (TPSA) is 23.5 Å². The molecular weight excluding hydrogens is 229 g/mol. The first-order chi connectivity index (χ1) is 8.59. The zero-order valence-electron chi connectivity index (χ0n) is 11.2. The first kappa shape index (κ1) is 13.5. The molecule has 2 rings (SSSR count). The Balaban J connectivity index is 2.29. The van der Waals surface area contributed by atoms with Crippen LogP contribution in [0.4, 0.5) is 4.39 Å². The molecule has 2 nitrogen and oxygen atoms in total. The highest BCUT2D eigenvalue weighted by Crippen LogP contribution is 2.37. The highest BCUT2D eigenvalue weighted by molar-refractivity contribution is 5.23. The van der Waals surface area contributed by atoms with Gasteiger partial charge < -0.3 is 5.11 Å². The molecule has 0 aliphatic carbocycles. The molecular formula is C15H22FNO. The third kappa shape index (κ3) is 2.29. The molecule has 0 amide bonds. The lowest BCUT2D eigenvalue weighted by Crippen LogP contribution is -2.49. The summed E-state index contributed by atoms with van der Waals surface area (Å²) in [4.78, 5) is 2.30. The standard InChI is InChI=1S/C15H22FNO/c1-3-15(2,17-10-6-7-11-17)14(18)12-8-4-5-9-13(12)16/h4-5,8-9,14,18H,3,6-7,10-11H2,1-2H3. The fourth-order valence-electron chi connectivity index (χ4n) is 2.85. The fourth-order valence-corrected chi connectivity index (χ4v) is 2.85. The predicted molar refractivity (Wildman–Crippen MR) is 70.9 cm³/mol. The Labute approximate surface area is 108 Å². The minimum absolute atomic E-state index is 0.316. The van der Waals surface area contributed by atoms with Gasteiger partial charge in [-0.15, -0.1) is 0 Å². The van der Waals surface area contributed by atoms with Crippen molar-refractivity contribution in [3.05, 3.63) is 35.6 Å². The van der Waals surface area contributed by atoms with E-state index in [1.165, 1.54) is 18.9 Å². The Morgan fingerprint density at radius 2 is 1.94 bits per heavy atom. The van der Waals surface area contributed by atoms with E-state index in [9.17, 15) is 9.50 Å². The van der Waals surface area contributed by atoms with Crippen LogP contribution in [0.1, 0.15) is 44.8 Å². The molecule has 0 radical (unpaired) electrons. The summed E-state index contributed by atoms with van der Waals surface area (Å²) >= 11 is 0. The van der Waals surface area contributed by atoms with Gasteiger partial charge in [-0.1, -0.05) is 25.1 Å².